The van der Waals surface area contributed by atoms with Crippen LogP contribution in [-0.4, -0.2) is 20.3 Å². The van der Waals surface area contributed by atoms with E-state index in [2.05, 4.69) is 4.98 Å². The van der Waals surface area contributed by atoms with Gasteiger partial charge in [-0.2, -0.15) is 0 Å². The summed E-state index contributed by atoms with van der Waals surface area (Å²) in [6.45, 7) is 4.03. The summed E-state index contributed by atoms with van der Waals surface area (Å²) in [5, 5.41) is 1.44. The van der Waals surface area contributed by atoms with Gasteiger partial charge in [0.15, 0.2) is 16.6 Å². The van der Waals surface area contributed by atoms with Crippen LogP contribution in [-0.2, 0) is 6.42 Å². The van der Waals surface area contributed by atoms with Crippen molar-refractivity contribution in [2.24, 2.45) is 0 Å². The maximum Gasteiger partial charge on any atom is 0.262 e. The molecule has 0 radical (unpaired) electrons. The van der Waals surface area contributed by atoms with Gasteiger partial charge in [0.25, 0.3) is 5.56 Å². The molecule has 0 N–H and O–H groups in total. The zero-order chi connectivity index (χ0) is 18.8. The van der Waals surface area contributed by atoms with Crippen molar-refractivity contribution in [2.75, 3.05) is 5.75 Å². The average molecular weight is 379 g/mol. The number of benzene rings is 2. The number of nitrogens with zero attached hydrogens (tertiary/aromatic N) is 3. The van der Waals surface area contributed by atoms with Gasteiger partial charge in [0.2, 0.25) is 0 Å². The van der Waals surface area contributed by atoms with Crippen LogP contribution in [0.3, 0.4) is 0 Å². The summed E-state index contributed by atoms with van der Waals surface area (Å²) in [6, 6.07) is 15.4. The van der Waals surface area contributed by atoms with Crippen molar-refractivity contribution < 1.29 is 4.42 Å². The summed E-state index contributed by atoms with van der Waals surface area (Å²) in [6.07, 6.45) is 1.67. The molecule has 0 unspecified atom stereocenters. The summed E-state index contributed by atoms with van der Waals surface area (Å²) in [5.41, 5.74) is 2.49. The lowest BCUT2D eigenvalue weighted by Gasteiger charge is -2.15. The molecule has 27 heavy (non-hydrogen) atoms. The first-order chi connectivity index (χ1) is 13.1. The number of fused-ring (bicyclic) bond motifs is 2. The normalized spacial score (nSPS) is 11.7. The minimum absolute atomic E-state index is 0.0250. The first kappa shape index (κ1) is 17.8. The molecule has 2 aromatic carbocycles. The molecule has 2 heterocycles. The Labute approximate surface area is 161 Å². The van der Waals surface area contributed by atoms with E-state index in [-0.39, 0.29) is 11.6 Å². The quantitative estimate of drug-likeness (QED) is 0.272. The molecule has 4 rings (SSSR count). The minimum Gasteiger partial charge on any atom is -0.441 e. The number of hydrogen-bond donors (Lipinski definition) is 0. The number of thioether (sulfide) groups is 1. The topological polar surface area (TPSA) is 60.9 Å². The van der Waals surface area contributed by atoms with E-state index in [1.165, 1.54) is 0 Å². The molecule has 6 heteroatoms. The van der Waals surface area contributed by atoms with E-state index < -0.39 is 0 Å². The Morgan fingerprint density at radius 3 is 2.56 bits per heavy atom. The lowest BCUT2D eigenvalue weighted by Crippen LogP contribution is -2.25. The molecule has 0 aliphatic heterocycles. The van der Waals surface area contributed by atoms with Crippen LogP contribution in [0.4, 0.5) is 0 Å². The number of aromatic nitrogens is 3. The number of oxazole rings is 1. The number of para-hydroxylation sites is 3. The van der Waals surface area contributed by atoms with Crippen molar-refractivity contribution in [3.8, 4) is 0 Å². The fourth-order valence-corrected chi connectivity index (χ4v) is 4.16. The van der Waals surface area contributed by atoms with Crippen molar-refractivity contribution in [1.29, 1.82) is 0 Å². The molecule has 0 aliphatic rings. The molecule has 138 valence electrons. The number of aryl methyl sites for hydroxylation is 1. The molecular formula is C21H21N3O2S. The predicted octanol–water partition coefficient (Wildman–Crippen LogP) is 4.84. The van der Waals surface area contributed by atoms with E-state index in [4.69, 9.17) is 9.40 Å². The molecule has 4 aromatic rings. The Kier molecular flexibility index (Phi) is 4.99. The third-order valence-corrected chi connectivity index (χ3v) is 5.44. The fourth-order valence-electron chi connectivity index (χ4n) is 3.10. The van der Waals surface area contributed by atoms with Crippen molar-refractivity contribution in [3.63, 3.8) is 0 Å². The first-order valence-corrected chi connectivity index (χ1v) is 10.1. The summed E-state index contributed by atoms with van der Waals surface area (Å²) in [7, 11) is 0. The molecule has 5 nitrogen and oxygen atoms in total. The SMILES string of the molecule is CC(C)n1c(SCCCc2nc3ccccc3o2)nc2ccccc2c1=O. The Morgan fingerprint density at radius 2 is 1.78 bits per heavy atom. The number of rotatable bonds is 6. The third-order valence-electron chi connectivity index (χ3n) is 4.40. The fraction of sp³-hybridized carbons (Fsp3) is 0.286. The molecule has 2 aromatic heterocycles. The van der Waals surface area contributed by atoms with Gasteiger partial charge >= 0.3 is 0 Å². The van der Waals surface area contributed by atoms with Crippen LogP contribution >= 0.6 is 11.8 Å². The molecule has 0 amide bonds. The standard InChI is InChI=1S/C21H21N3O2S/c1-14(2)24-20(25)15-8-3-4-9-16(15)23-21(24)27-13-7-12-19-22-17-10-5-6-11-18(17)26-19/h3-6,8-11,14H,7,12-13H2,1-2H3. The average Bonchev–Trinajstić information content (AvgIpc) is 3.08. The Bertz CT molecular complexity index is 1110. The van der Waals surface area contributed by atoms with Gasteiger partial charge in [-0.05, 0) is 44.5 Å². The molecule has 0 aliphatic carbocycles. The summed E-state index contributed by atoms with van der Waals surface area (Å²) < 4.78 is 7.55. The lowest BCUT2D eigenvalue weighted by atomic mass is 10.2. The maximum absolute atomic E-state index is 12.8. The van der Waals surface area contributed by atoms with Gasteiger partial charge in [-0.25, -0.2) is 9.97 Å². The monoisotopic (exact) mass is 379 g/mol. The predicted molar refractivity (Wildman–Crippen MR) is 109 cm³/mol. The highest BCUT2D eigenvalue weighted by molar-refractivity contribution is 7.99. The second-order valence-electron chi connectivity index (χ2n) is 6.71. The summed E-state index contributed by atoms with van der Waals surface area (Å²) in [4.78, 5) is 22.1. The minimum atomic E-state index is 0.0250. The van der Waals surface area contributed by atoms with E-state index in [0.29, 0.717) is 5.39 Å². The highest BCUT2D eigenvalue weighted by Gasteiger charge is 2.14. The zero-order valence-corrected chi connectivity index (χ0v) is 16.2. The van der Waals surface area contributed by atoms with Crippen LogP contribution in [0.5, 0.6) is 0 Å². The van der Waals surface area contributed by atoms with E-state index >= 15 is 0 Å². The Balaban J connectivity index is 1.49. The second-order valence-corrected chi connectivity index (χ2v) is 7.77. The molecule has 0 fully saturated rings. The van der Waals surface area contributed by atoms with Crippen LogP contribution in [0.25, 0.3) is 22.0 Å². The summed E-state index contributed by atoms with van der Waals surface area (Å²) >= 11 is 1.61. The smallest absolute Gasteiger partial charge is 0.262 e. The van der Waals surface area contributed by atoms with Crippen LogP contribution < -0.4 is 5.56 Å². The van der Waals surface area contributed by atoms with Gasteiger partial charge in [-0.3, -0.25) is 9.36 Å². The van der Waals surface area contributed by atoms with Gasteiger partial charge < -0.3 is 4.42 Å². The van der Waals surface area contributed by atoms with E-state index in [0.717, 1.165) is 46.3 Å². The number of hydrogen-bond acceptors (Lipinski definition) is 5. The van der Waals surface area contributed by atoms with Crippen molar-refractivity contribution >= 4 is 33.8 Å². The van der Waals surface area contributed by atoms with Crippen molar-refractivity contribution in [2.45, 2.75) is 37.9 Å². The Hall–Kier alpha value is -2.60. The Morgan fingerprint density at radius 1 is 1.04 bits per heavy atom. The van der Waals surface area contributed by atoms with E-state index in [1.807, 2.05) is 62.4 Å². The molecule has 0 atom stereocenters. The maximum atomic E-state index is 12.8. The molecule has 0 bridgehead atoms. The zero-order valence-electron chi connectivity index (χ0n) is 15.4. The van der Waals surface area contributed by atoms with Gasteiger partial charge in [0.05, 0.1) is 10.9 Å². The largest absolute Gasteiger partial charge is 0.441 e. The van der Waals surface area contributed by atoms with Gasteiger partial charge in [-0.15, -0.1) is 0 Å². The van der Waals surface area contributed by atoms with Crippen molar-refractivity contribution in [1.82, 2.24) is 14.5 Å². The van der Waals surface area contributed by atoms with Crippen LogP contribution in [0.2, 0.25) is 0 Å². The van der Waals surface area contributed by atoms with E-state index in [1.54, 1.807) is 16.3 Å². The van der Waals surface area contributed by atoms with Crippen molar-refractivity contribution in [3.05, 3.63) is 64.8 Å². The van der Waals surface area contributed by atoms with Crippen LogP contribution in [0.15, 0.2) is 62.9 Å². The van der Waals surface area contributed by atoms with Gasteiger partial charge in [0.1, 0.15) is 5.52 Å². The second kappa shape index (κ2) is 7.56. The lowest BCUT2D eigenvalue weighted by molar-refractivity contribution is 0.517. The van der Waals surface area contributed by atoms with E-state index in [9.17, 15) is 4.79 Å². The first-order valence-electron chi connectivity index (χ1n) is 9.12. The van der Waals surface area contributed by atoms with Gasteiger partial charge in [-0.1, -0.05) is 36.0 Å². The molecule has 0 spiro atoms. The summed E-state index contributed by atoms with van der Waals surface area (Å²) in [5.74, 6) is 1.60. The third kappa shape index (κ3) is 3.62. The molecule has 0 saturated carbocycles. The highest BCUT2D eigenvalue weighted by Crippen LogP contribution is 2.22. The van der Waals surface area contributed by atoms with Crippen LogP contribution in [0, 0.1) is 0 Å². The van der Waals surface area contributed by atoms with Crippen LogP contribution in [0.1, 0.15) is 32.2 Å². The van der Waals surface area contributed by atoms with Gasteiger partial charge in [0, 0.05) is 18.2 Å². The highest BCUT2D eigenvalue weighted by atomic mass is 32.2. The molecular weight excluding hydrogens is 358 g/mol. The molecule has 0 saturated heterocycles.